The summed E-state index contributed by atoms with van der Waals surface area (Å²) in [6.07, 6.45) is 5.73. The van der Waals surface area contributed by atoms with E-state index in [2.05, 4.69) is 17.1 Å². The zero-order chi connectivity index (χ0) is 15.2. The first-order chi connectivity index (χ1) is 10.9. The summed E-state index contributed by atoms with van der Waals surface area (Å²) in [5, 5.41) is 9.22. The molecule has 0 unspecified atom stereocenters. The zero-order valence-electron chi connectivity index (χ0n) is 11.9. The number of nitrogens with zero attached hydrogens (tertiary/aromatic N) is 2. The summed E-state index contributed by atoms with van der Waals surface area (Å²) in [4.78, 5) is 4.26. The van der Waals surface area contributed by atoms with Gasteiger partial charge in [0.05, 0.1) is 17.3 Å². The smallest absolute Gasteiger partial charge is 0.0998 e. The first-order valence-corrected chi connectivity index (χ1v) is 6.96. The Morgan fingerprint density at radius 2 is 1.86 bits per heavy atom. The van der Waals surface area contributed by atoms with Crippen LogP contribution in [0.5, 0.6) is 0 Å². The molecule has 0 fully saturated rings. The number of benzene rings is 2. The molecule has 0 spiro atoms. The van der Waals surface area contributed by atoms with Crippen LogP contribution in [0.1, 0.15) is 16.8 Å². The highest BCUT2D eigenvalue weighted by atomic mass is 14.6. The second-order valence-electron chi connectivity index (χ2n) is 4.80. The van der Waals surface area contributed by atoms with Crippen LogP contribution in [0.25, 0.3) is 23.3 Å². The van der Waals surface area contributed by atoms with Gasteiger partial charge < -0.3 is 0 Å². The van der Waals surface area contributed by atoms with E-state index in [0.29, 0.717) is 5.56 Å². The van der Waals surface area contributed by atoms with Gasteiger partial charge in [-0.3, -0.25) is 4.98 Å². The summed E-state index contributed by atoms with van der Waals surface area (Å²) in [7, 11) is 0. The lowest BCUT2D eigenvalue weighted by atomic mass is 9.98. The molecule has 0 saturated carbocycles. The second-order valence-corrected chi connectivity index (χ2v) is 4.80. The SMILES string of the molecule is N#Cc1ccccc1-c1c[c]cc(/C=C/c2ccccn2)c1. The van der Waals surface area contributed by atoms with E-state index in [1.807, 2.05) is 72.8 Å². The minimum absolute atomic E-state index is 0.668. The van der Waals surface area contributed by atoms with Crippen LogP contribution >= 0.6 is 0 Å². The minimum atomic E-state index is 0.668. The van der Waals surface area contributed by atoms with Gasteiger partial charge >= 0.3 is 0 Å². The molecule has 3 rings (SSSR count). The van der Waals surface area contributed by atoms with Crippen molar-refractivity contribution in [1.82, 2.24) is 4.98 Å². The molecule has 0 aliphatic carbocycles. The predicted molar refractivity (Wildman–Crippen MR) is 88.6 cm³/mol. The Kier molecular flexibility index (Phi) is 4.08. The summed E-state index contributed by atoms with van der Waals surface area (Å²) >= 11 is 0. The molecule has 103 valence electrons. The molecule has 0 aliphatic rings. The summed E-state index contributed by atoms with van der Waals surface area (Å²) in [5.41, 5.74) is 4.51. The molecule has 3 aromatic rings. The van der Waals surface area contributed by atoms with Crippen molar-refractivity contribution in [3.8, 4) is 17.2 Å². The van der Waals surface area contributed by atoms with Gasteiger partial charge in [0.15, 0.2) is 0 Å². The fourth-order valence-corrected chi connectivity index (χ4v) is 2.23. The van der Waals surface area contributed by atoms with Crippen molar-refractivity contribution >= 4 is 12.2 Å². The molecule has 0 atom stereocenters. The van der Waals surface area contributed by atoms with Crippen LogP contribution in [0.3, 0.4) is 0 Å². The first kappa shape index (κ1) is 13.8. The van der Waals surface area contributed by atoms with E-state index >= 15 is 0 Å². The number of hydrogen-bond donors (Lipinski definition) is 0. The molecule has 2 aromatic carbocycles. The zero-order valence-corrected chi connectivity index (χ0v) is 11.9. The van der Waals surface area contributed by atoms with E-state index in [0.717, 1.165) is 22.4 Å². The number of aromatic nitrogens is 1. The van der Waals surface area contributed by atoms with E-state index in [-0.39, 0.29) is 0 Å². The van der Waals surface area contributed by atoms with Gasteiger partial charge in [-0.25, -0.2) is 0 Å². The summed E-state index contributed by atoms with van der Waals surface area (Å²) < 4.78 is 0. The molecule has 0 aliphatic heterocycles. The highest BCUT2D eigenvalue weighted by molar-refractivity contribution is 5.75. The van der Waals surface area contributed by atoms with Crippen LogP contribution in [0.2, 0.25) is 0 Å². The highest BCUT2D eigenvalue weighted by Gasteiger charge is 2.03. The monoisotopic (exact) mass is 281 g/mol. The van der Waals surface area contributed by atoms with E-state index < -0.39 is 0 Å². The maximum absolute atomic E-state index is 9.22. The Hall–Kier alpha value is -3.18. The second kappa shape index (κ2) is 6.51. The fourth-order valence-electron chi connectivity index (χ4n) is 2.23. The van der Waals surface area contributed by atoms with Crippen LogP contribution in [-0.4, -0.2) is 4.98 Å². The number of rotatable bonds is 3. The van der Waals surface area contributed by atoms with Gasteiger partial charge in [-0.15, -0.1) is 0 Å². The van der Waals surface area contributed by atoms with Gasteiger partial charge in [0, 0.05) is 6.20 Å². The lowest BCUT2D eigenvalue weighted by molar-refractivity contribution is 1.30. The molecule has 0 bridgehead atoms. The third kappa shape index (κ3) is 3.11. The van der Waals surface area contributed by atoms with Crippen LogP contribution in [0.15, 0.2) is 66.9 Å². The lowest BCUT2D eigenvalue weighted by Crippen LogP contribution is -1.84. The maximum Gasteiger partial charge on any atom is 0.0998 e. The third-order valence-corrected chi connectivity index (χ3v) is 3.30. The molecule has 0 N–H and O–H groups in total. The van der Waals surface area contributed by atoms with Crippen molar-refractivity contribution < 1.29 is 0 Å². The molecule has 0 amide bonds. The average molecular weight is 281 g/mol. The van der Waals surface area contributed by atoms with Gasteiger partial charge in [-0.2, -0.15) is 5.26 Å². The first-order valence-electron chi connectivity index (χ1n) is 6.96. The minimum Gasteiger partial charge on any atom is -0.257 e. The molecule has 1 aromatic heterocycles. The third-order valence-electron chi connectivity index (χ3n) is 3.30. The fraction of sp³-hybridized carbons (Fsp3) is 0. The van der Waals surface area contributed by atoms with Crippen molar-refractivity contribution in [2.24, 2.45) is 0 Å². The largest absolute Gasteiger partial charge is 0.257 e. The topological polar surface area (TPSA) is 36.7 Å². The number of hydrogen-bond acceptors (Lipinski definition) is 2. The Balaban J connectivity index is 1.94. The van der Waals surface area contributed by atoms with Crippen LogP contribution < -0.4 is 0 Å². The predicted octanol–water partition coefficient (Wildman–Crippen LogP) is 4.59. The number of pyridine rings is 1. The van der Waals surface area contributed by atoms with E-state index in [9.17, 15) is 5.26 Å². The van der Waals surface area contributed by atoms with Crippen molar-refractivity contribution in [2.75, 3.05) is 0 Å². The van der Waals surface area contributed by atoms with Crippen LogP contribution in [0.4, 0.5) is 0 Å². The van der Waals surface area contributed by atoms with Gasteiger partial charge in [-0.1, -0.05) is 30.3 Å². The quantitative estimate of drug-likeness (QED) is 0.704. The Bertz CT molecular complexity index is 843. The molecule has 2 nitrogen and oxygen atoms in total. The molecule has 1 radical (unpaired) electrons. The van der Waals surface area contributed by atoms with E-state index in [1.165, 1.54) is 0 Å². The molecule has 0 saturated heterocycles. The Morgan fingerprint density at radius 3 is 2.68 bits per heavy atom. The summed E-state index contributed by atoms with van der Waals surface area (Å²) in [6, 6.07) is 24.6. The highest BCUT2D eigenvalue weighted by Crippen LogP contribution is 2.24. The Morgan fingerprint density at radius 1 is 1.00 bits per heavy atom. The van der Waals surface area contributed by atoms with Crippen molar-refractivity contribution in [2.45, 2.75) is 0 Å². The number of nitriles is 1. The lowest BCUT2D eigenvalue weighted by Gasteiger charge is -2.04. The molecular weight excluding hydrogens is 268 g/mol. The van der Waals surface area contributed by atoms with Gasteiger partial charge in [-0.05, 0) is 65.2 Å². The molecule has 22 heavy (non-hydrogen) atoms. The van der Waals surface area contributed by atoms with Gasteiger partial charge in [0.2, 0.25) is 0 Å². The Labute approximate surface area is 130 Å². The van der Waals surface area contributed by atoms with E-state index in [4.69, 9.17) is 0 Å². The van der Waals surface area contributed by atoms with Crippen LogP contribution in [-0.2, 0) is 0 Å². The summed E-state index contributed by atoms with van der Waals surface area (Å²) in [6.45, 7) is 0. The molecule has 1 heterocycles. The van der Waals surface area contributed by atoms with E-state index in [1.54, 1.807) is 6.20 Å². The molecule has 2 heteroatoms. The van der Waals surface area contributed by atoms with Crippen molar-refractivity contribution in [1.29, 1.82) is 5.26 Å². The standard InChI is InChI=1S/C20H13N2/c21-15-18-7-1-2-10-20(18)17-8-5-6-16(14-17)11-12-19-9-3-4-13-22-19/h1-4,6-14H/b12-11+. The maximum atomic E-state index is 9.22. The normalized spacial score (nSPS) is 10.5. The van der Waals surface area contributed by atoms with Crippen molar-refractivity contribution in [3.63, 3.8) is 0 Å². The average Bonchev–Trinajstić information content (AvgIpc) is 2.61. The summed E-state index contributed by atoms with van der Waals surface area (Å²) in [5.74, 6) is 0. The van der Waals surface area contributed by atoms with Crippen LogP contribution in [0, 0.1) is 17.4 Å². The molecular formula is C20H13N2. The van der Waals surface area contributed by atoms with Gasteiger partial charge in [0.1, 0.15) is 0 Å². The van der Waals surface area contributed by atoms with Crippen molar-refractivity contribution in [3.05, 3.63) is 89.7 Å². The van der Waals surface area contributed by atoms with Gasteiger partial charge in [0.25, 0.3) is 0 Å².